The summed E-state index contributed by atoms with van der Waals surface area (Å²) in [5.41, 5.74) is 1.94. The lowest BCUT2D eigenvalue weighted by atomic mass is 10.1. The van der Waals surface area contributed by atoms with Crippen LogP contribution < -0.4 is 4.74 Å². The monoisotopic (exact) mass is 310 g/mol. The second-order valence-electron chi connectivity index (χ2n) is 5.45. The number of aliphatic hydroxyl groups excluding tert-OH is 1. The highest BCUT2D eigenvalue weighted by Gasteiger charge is 2.26. The van der Waals surface area contributed by atoms with Gasteiger partial charge in [-0.3, -0.25) is 9.78 Å². The SMILES string of the molecule is O=C(/C=C/c1ccc(OCc2cccnc2)cc1)N1CC(O)C1. The maximum absolute atomic E-state index is 11.8. The molecular formula is C18H18N2O3. The summed E-state index contributed by atoms with van der Waals surface area (Å²) in [6.07, 6.45) is 6.42. The number of β-amino-alcohol motifs (C(OH)–C–C–N with tert-alkyl or cyclic N) is 1. The van der Waals surface area contributed by atoms with E-state index in [-0.39, 0.29) is 12.0 Å². The van der Waals surface area contributed by atoms with Crippen LogP contribution in [0.5, 0.6) is 5.75 Å². The number of likely N-dealkylation sites (tertiary alicyclic amines) is 1. The van der Waals surface area contributed by atoms with Gasteiger partial charge < -0.3 is 14.7 Å². The predicted molar refractivity (Wildman–Crippen MR) is 86.6 cm³/mol. The number of aliphatic hydroxyl groups is 1. The van der Waals surface area contributed by atoms with Gasteiger partial charge in [0.15, 0.2) is 0 Å². The van der Waals surface area contributed by atoms with Gasteiger partial charge in [0.1, 0.15) is 12.4 Å². The highest BCUT2D eigenvalue weighted by atomic mass is 16.5. The normalized spacial score (nSPS) is 14.7. The van der Waals surface area contributed by atoms with Gasteiger partial charge >= 0.3 is 0 Å². The van der Waals surface area contributed by atoms with Gasteiger partial charge in [0, 0.05) is 37.1 Å². The first kappa shape index (κ1) is 15.2. The molecule has 3 rings (SSSR count). The third-order valence-electron chi connectivity index (χ3n) is 3.60. The van der Waals surface area contributed by atoms with Crippen LogP contribution in [0.3, 0.4) is 0 Å². The van der Waals surface area contributed by atoms with E-state index in [1.165, 1.54) is 6.08 Å². The molecule has 1 N–H and O–H groups in total. The molecule has 1 fully saturated rings. The summed E-state index contributed by atoms with van der Waals surface area (Å²) in [7, 11) is 0. The molecule has 0 atom stereocenters. The van der Waals surface area contributed by atoms with Gasteiger partial charge in [0.2, 0.25) is 5.91 Å². The van der Waals surface area contributed by atoms with Gasteiger partial charge in [-0.05, 0) is 29.8 Å². The fourth-order valence-electron chi connectivity index (χ4n) is 2.23. The van der Waals surface area contributed by atoms with Gasteiger partial charge in [0.25, 0.3) is 0 Å². The van der Waals surface area contributed by atoms with Crippen molar-refractivity contribution < 1.29 is 14.6 Å². The first-order valence-corrected chi connectivity index (χ1v) is 7.47. The summed E-state index contributed by atoms with van der Waals surface area (Å²) in [6, 6.07) is 11.4. The van der Waals surface area contributed by atoms with Gasteiger partial charge in [0.05, 0.1) is 6.10 Å². The van der Waals surface area contributed by atoms with Crippen LogP contribution >= 0.6 is 0 Å². The number of aromatic nitrogens is 1. The summed E-state index contributed by atoms with van der Waals surface area (Å²) < 4.78 is 5.68. The van der Waals surface area contributed by atoms with E-state index in [1.807, 2.05) is 36.4 Å². The molecule has 0 unspecified atom stereocenters. The topological polar surface area (TPSA) is 62.7 Å². The molecule has 1 aromatic heterocycles. The highest BCUT2D eigenvalue weighted by molar-refractivity contribution is 5.92. The van der Waals surface area contributed by atoms with Crippen LogP contribution in [-0.4, -0.2) is 40.1 Å². The van der Waals surface area contributed by atoms with E-state index in [1.54, 1.807) is 23.4 Å². The smallest absolute Gasteiger partial charge is 0.246 e. The average Bonchev–Trinajstić information content (AvgIpc) is 2.57. The van der Waals surface area contributed by atoms with Crippen LogP contribution in [-0.2, 0) is 11.4 Å². The quantitative estimate of drug-likeness (QED) is 0.857. The van der Waals surface area contributed by atoms with Crippen LogP contribution in [0.25, 0.3) is 6.08 Å². The molecule has 2 aromatic rings. The zero-order valence-corrected chi connectivity index (χ0v) is 12.6. The number of ether oxygens (including phenoxy) is 1. The number of nitrogens with zero attached hydrogens (tertiary/aromatic N) is 2. The zero-order valence-electron chi connectivity index (χ0n) is 12.6. The molecule has 1 aromatic carbocycles. The molecule has 0 bridgehead atoms. The number of rotatable bonds is 5. The molecule has 0 spiro atoms. The number of amides is 1. The van der Waals surface area contributed by atoms with Crippen LogP contribution in [0, 0.1) is 0 Å². The maximum Gasteiger partial charge on any atom is 0.246 e. The van der Waals surface area contributed by atoms with E-state index in [2.05, 4.69) is 4.98 Å². The Morgan fingerprint density at radius 3 is 2.74 bits per heavy atom. The average molecular weight is 310 g/mol. The Labute approximate surface area is 134 Å². The molecule has 1 amide bonds. The van der Waals surface area contributed by atoms with Crippen LogP contribution in [0.4, 0.5) is 0 Å². The summed E-state index contributed by atoms with van der Waals surface area (Å²) in [6.45, 7) is 1.31. The standard InChI is InChI=1S/C18H18N2O3/c21-16-11-20(12-16)18(22)8-5-14-3-6-17(7-4-14)23-13-15-2-1-9-19-10-15/h1-10,16,21H,11-13H2/b8-5+. The first-order valence-electron chi connectivity index (χ1n) is 7.47. The molecule has 0 aliphatic carbocycles. The van der Waals surface area contributed by atoms with Crippen molar-refractivity contribution in [2.45, 2.75) is 12.7 Å². The third-order valence-corrected chi connectivity index (χ3v) is 3.60. The number of benzene rings is 1. The Balaban J connectivity index is 1.51. The van der Waals surface area contributed by atoms with Crippen LogP contribution in [0.1, 0.15) is 11.1 Å². The van der Waals surface area contributed by atoms with E-state index in [4.69, 9.17) is 4.74 Å². The number of hydrogen-bond acceptors (Lipinski definition) is 4. The van der Waals surface area contributed by atoms with E-state index < -0.39 is 0 Å². The summed E-state index contributed by atoms with van der Waals surface area (Å²) in [4.78, 5) is 17.4. The van der Waals surface area contributed by atoms with Gasteiger partial charge in [-0.1, -0.05) is 18.2 Å². The van der Waals surface area contributed by atoms with E-state index in [0.29, 0.717) is 19.7 Å². The Morgan fingerprint density at radius 2 is 2.09 bits per heavy atom. The lowest BCUT2D eigenvalue weighted by Gasteiger charge is -2.34. The molecule has 1 aliphatic rings. The summed E-state index contributed by atoms with van der Waals surface area (Å²) in [5.74, 6) is 0.690. The van der Waals surface area contributed by atoms with Gasteiger partial charge in [-0.15, -0.1) is 0 Å². The second-order valence-corrected chi connectivity index (χ2v) is 5.45. The van der Waals surface area contributed by atoms with Crippen molar-refractivity contribution in [3.05, 3.63) is 66.0 Å². The molecule has 0 saturated carbocycles. The molecule has 5 heteroatoms. The lowest BCUT2D eigenvalue weighted by Crippen LogP contribution is -2.52. The Kier molecular flexibility index (Phi) is 4.68. The molecular weight excluding hydrogens is 292 g/mol. The largest absolute Gasteiger partial charge is 0.489 e. The maximum atomic E-state index is 11.8. The predicted octanol–water partition coefficient (Wildman–Crippen LogP) is 1.88. The molecule has 23 heavy (non-hydrogen) atoms. The van der Waals surface area contributed by atoms with Crippen molar-refractivity contribution in [1.82, 2.24) is 9.88 Å². The second kappa shape index (κ2) is 7.07. The highest BCUT2D eigenvalue weighted by Crippen LogP contribution is 2.15. The van der Waals surface area contributed by atoms with E-state index in [9.17, 15) is 9.90 Å². The van der Waals surface area contributed by atoms with Crippen molar-refractivity contribution in [2.24, 2.45) is 0 Å². The number of carbonyl (C=O) groups excluding carboxylic acids is 1. The molecule has 1 aliphatic heterocycles. The van der Waals surface area contributed by atoms with Crippen molar-refractivity contribution in [3.63, 3.8) is 0 Å². The Bertz CT molecular complexity index is 677. The number of pyridine rings is 1. The molecule has 5 nitrogen and oxygen atoms in total. The van der Waals surface area contributed by atoms with Crippen molar-refractivity contribution >= 4 is 12.0 Å². The van der Waals surface area contributed by atoms with Gasteiger partial charge in [-0.2, -0.15) is 0 Å². The van der Waals surface area contributed by atoms with Gasteiger partial charge in [-0.25, -0.2) is 0 Å². The first-order chi connectivity index (χ1) is 11.2. The number of hydrogen-bond donors (Lipinski definition) is 1. The number of carbonyl (C=O) groups is 1. The van der Waals surface area contributed by atoms with E-state index >= 15 is 0 Å². The molecule has 1 saturated heterocycles. The fourth-order valence-corrected chi connectivity index (χ4v) is 2.23. The molecule has 118 valence electrons. The summed E-state index contributed by atoms with van der Waals surface area (Å²) in [5, 5.41) is 9.18. The fraction of sp³-hybridized carbons (Fsp3) is 0.222. The summed E-state index contributed by atoms with van der Waals surface area (Å²) >= 11 is 0. The Hall–Kier alpha value is -2.66. The minimum absolute atomic E-state index is 0.0767. The van der Waals surface area contributed by atoms with Crippen LogP contribution in [0.2, 0.25) is 0 Å². The minimum Gasteiger partial charge on any atom is -0.489 e. The van der Waals surface area contributed by atoms with Crippen molar-refractivity contribution in [3.8, 4) is 5.75 Å². The van der Waals surface area contributed by atoms with E-state index in [0.717, 1.165) is 16.9 Å². The minimum atomic E-state index is -0.372. The zero-order chi connectivity index (χ0) is 16.1. The molecule has 2 heterocycles. The lowest BCUT2D eigenvalue weighted by molar-refractivity contribution is -0.135. The Morgan fingerprint density at radius 1 is 1.30 bits per heavy atom. The van der Waals surface area contributed by atoms with Crippen LogP contribution in [0.15, 0.2) is 54.9 Å². The third kappa shape index (κ3) is 4.17. The van der Waals surface area contributed by atoms with Crippen molar-refractivity contribution in [1.29, 1.82) is 0 Å². The van der Waals surface area contributed by atoms with Crippen molar-refractivity contribution in [2.75, 3.05) is 13.1 Å². The molecule has 0 radical (unpaired) electrons.